The van der Waals surface area contributed by atoms with Gasteiger partial charge in [0.15, 0.2) is 0 Å². The van der Waals surface area contributed by atoms with E-state index in [1.807, 2.05) is 18.9 Å². The minimum Gasteiger partial charge on any atom is -0.361 e. The van der Waals surface area contributed by atoms with Gasteiger partial charge < -0.3 is 4.90 Å². The zero-order valence-electron chi connectivity index (χ0n) is 8.82. The van der Waals surface area contributed by atoms with E-state index in [2.05, 4.69) is 0 Å². The second kappa shape index (κ2) is 4.24. The largest absolute Gasteiger partial charge is 0.361 e. The van der Waals surface area contributed by atoms with Crippen LogP contribution >= 0.6 is 0 Å². The first-order chi connectivity index (χ1) is 6.46. The Hall–Kier alpha value is -0.670. The Balaban J connectivity index is 2.45. The van der Waals surface area contributed by atoms with Gasteiger partial charge in [0, 0.05) is 32.4 Å². The van der Waals surface area contributed by atoms with E-state index < -0.39 is 5.92 Å². The van der Waals surface area contributed by atoms with E-state index in [0.717, 1.165) is 0 Å². The average molecular weight is 204 g/mol. The van der Waals surface area contributed by atoms with Crippen molar-refractivity contribution in [3.05, 3.63) is 0 Å². The number of nitrogens with zero attached hydrogens (tertiary/aromatic N) is 1. The van der Waals surface area contributed by atoms with Gasteiger partial charge in [-0.2, -0.15) is 0 Å². The molecular weight excluding hydrogens is 186 g/mol. The highest BCUT2D eigenvalue weighted by Crippen LogP contribution is 2.34. The molecule has 1 rings (SSSR count). The summed E-state index contributed by atoms with van der Waals surface area (Å²) in [5, 5.41) is 7.62. The van der Waals surface area contributed by atoms with Crippen molar-refractivity contribution in [3.63, 3.8) is 0 Å². The predicted octanol–water partition coefficient (Wildman–Crippen LogP) is 2.88. The molecular formula is C10H18F2N2. The smallest absolute Gasteiger partial charge is 0.248 e. The monoisotopic (exact) mass is 204 g/mol. The summed E-state index contributed by atoms with van der Waals surface area (Å²) in [4.78, 5) is 1.84. The minimum absolute atomic E-state index is 0.0288. The molecule has 1 fully saturated rings. The van der Waals surface area contributed by atoms with Gasteiger partial charge in [-0.25, -0.2) is 8.78 Å². The lowest BCUT2D eigenvalue weighted by Crippen LogP contribution is -2.41. The van der Waals surface area contributed by atoms with Crippen LogP contribution in [-0.4, -0.2) is 29.7 Å². The Morgan fingerprint density at radius 2 is 1.93 bits per heavy atom. The first-order valence-electron chi connectivity index (χ1n) is 5.14. The van der Waals surface area contributed by atoms with Crippen molar-refractivity contribution >= 4 is 5.84 Å². The summed E-state index contributed by atoms with van der Waals surface area (Å²) in [5.41, 5.74) is 0. The van der Waals surface area contributed by atoms with Crippen LogP contribution in [0.25, 0.3) is 0 Å². The van der Waals surface area contributed by atoms with Gasteiger partial charge in [0.05, 0.1) is 5.84 Å². The van der Waals surface area contributed by atoms with E-state index in [-0.39, 0.29) is 18.9 Å². The maximum absolute atomic E-state index is 12.9. The summed E-state index contributed by atoms with van der Waals surface area (Å²) < 4.78 is 25.7. The Morgan fingerprint density at radius 3 is 2.36 bits per heavy atom. The van der Waals surface area contributed by atoms with Crippen LogP contribution < -0.4 is 0 Å². The summed E-state index contributed by atoms with van der Waals surface area (Å²) in [7, 11) is 1.83. The first kappa shape index (κ1) is 11.4. The lowest BCUT2D eigenvalue weighted by atomic mass is 9.91. The number of nitrogens with one attached hydrogen (secondary N) is 1. The van der Waals surface area contributed by atoms with Crippen LogP contribution in [0.5, 0.6) is 0 Å². The maximum Gasteiger partial charge on any atom is 0.248 e. The predicted molar refractivity (Wildman–Crippen MR) is 53.0 cm³/mol. The van der Waals surface area contributed by atoms with Gasteiger partial charge in [-0.15, -0.1) is 0 Å². The number of rotatable bonds is 2. The molecule has 0 bridgehead atoms. The average Bonchev–Trinajstić information content (AvgIpc) is 2.15. The standard InChI is InChI=1S/C10H18F2N2/c1-3-9(13)14(2)8-4-6-10(11,12)7-5-8/h8,13H,3-7H2,1-2H3. The van der Waals surface area contributed by atoms with E-state index in [4.69, 9.17) is 5.41 Å². The van der Waals surface area contributed by atoms with E-state index in [9.17, 15) is 8.78 Å². The van der Waals surface area contributed by atoms with Crippen molar-refractivity contribution in [3.8, 4) is 0 Å². The summed E-state index contributed by atoms with van der Waals surface area (Å²) in [6, 6.07) is 0.141. The highest BCUT2D eigenvalue weighted by Gasteiger charge is 2.36. The molecule has 0 saturated heterocycles. The minimum atomic E-state index is -2.47. The molecule has 0 unspecified atom stereocenters. The highest BCUT2D eigenvalue weighted by molar-refractivity contribution is 5.78. The van der Waals surface area contributed by atoms with Crippen molar-refractivity contribution in [1.82, 2.24) is 4.90 Å². The molecule has 1 aliphatic carbocycles. The van der Waals surface area contributed by atoms with Crippen LogP contribution in [0.2, 0.25) is 0 Å². The summed E-state index contributed by atoms with van der Waals surface area (Å²) in [6.07, 6.45) is 1.62. The third kappa shape index (κ3) is 2.66. The molecule has 0 aromatic rings. The molecule has 1 saturated carbocycles. The van der Waals surface area contributed by atoms with Gasteiger partial charge >= 0.3 is 0 Å². The molecule has 0 aromatic heterocycles. The third-order valence-corrected chi connectivity index (χ3v) is 3.00. The van der Waals surface area contributed by atoms with Gasteiger partial charge in [-0.05, 0) is 12.8 Å². The van der Waals surface area contributed by atoms with Crippen LogP contribution in [0.3, 0.4) is 0 Å². The lowest BCUT2D eigenvalue weighted by Gasteiger charge is -2.35. The zero-order chi connectivity index (χ0) is 10.8. The van der Waals surface area contributed by atoms with Gasteiger partial charge in [-0.3, -0.25) is 5.41 Å². The van der Waals surface area contributed by atoms with Crippen LogP contribution in [0, 0.1) is 5.41 Å². The summed E-state index contributed by atoms with van der Waals surface area (Å²) in [6.45, 7) is 1.91. The van der Waals surface area contributed by atoms with E-state index >= 15 is 0 Å². The Bertz CT molecular complexity index is 206. The summed E-state index contributed by atoms with van der Waals surface area (Å²) in [5.74, 6) is -1.92. The number of hydrogen-bond donors (Lipinski definition) is 1. The van der Waals surface area contributed by atoms with E-state index in [0.29, 0.717) is 25.1 Å². The van der Waals surface area contributed by atoms with Crippen molar-refractivity contribution in [2.24, 2.45) is 0 Å². The van der Waals surface area contributed by atoms with Crippen molar-refractivity contribution in [2.45, 2.75) is 51.0 Å². The SMILES string of the molecule is CCC(=N)N(C)C1CCC(F)(F)CC1. The third-order valence-electron chi connectivity index (χ3n) is 3.00. The molecule has 0 heterocycles. The quantitative estimate of drug-likeness (QED) is 0.543. The molecule has 1 aliphatic rings. The zero-order valence-corrected chi connectivity index (χ0v) is 8.82. The molecule has 0 aliphatic heterocycles. The molecule has 0 spiro atoms. The molecule has 82 valence electrons. The molecule has 14 heavy (non-hydrogen) atoms. The molecule has 0 radical (unpaired) electrons. The van der Waals surface area contributed by atoms with Gasteiger partial charge in [-0.1, -0.05) is 6.92 Å². The van der Waals surface area contributed by atoms with E-state index in [1.54, 1.807) is 0 Å². The van der Waals surface area contributed by atoms with Gasteiger partial charge in [0.2, 0.25) is 5.92 Å². The number of halogens is 2. The fourth-order valence-corrected chi connectivity index (χ4v) is 1.88. The first-order valence-corrected chi connectivity index (χ1v) is 5.14. The fraction of sp³-hybridized carbons (Fsp3) is 0.900. The van der Waals surface area contributed by atoms with Crippen LogP contribution in [-0.2, 0) is 0 Å². The van der Waals surface area contributed by atoms with E-state index in [1.165, 1.54) is 0 Å². The van der Waals surface area contributed by atoms with Gasteiger partial charge in [0.1, 0.15) is 0 Å². The second-order valence-electron chi connectivity index (χ2n) is 4.00. The maximum atomic E-state index is 12.9. The molecule has 1 N–H and O–H groups in total. The van der Waals surface area contributed by atoms with Crippen molar-refractivity contribution in [2.75, 3.05) is 7.05 Å². The Kier molecular flexibility index (Phi) is 3.45. The lowest BCUT2D eigenvalue weighted by molar-refractivity contribution is -0.0463. The second-order valence-corrected chi connectivity index (χ2v) is 4.00. The van der Waals surface area contributed by atoms with Crippen molar-refractivity contribution in [1.29, 1.82) is 5.41 Å². The topological polar surface area (TPSA) is 27.1 Å². The van der Waals surface area contributed by atoms with Crippen molar-refractivity contribution < 1.29 is 8.78 Å². The molecule has 4 heteroatoms. The number of alkyl halides is 2. The number of hydrogen-bond acceptors (Lipinski definition) is 1. The Morgan fingerprint density at radius 1 is 1.43 bits per heavy atom. The fourth-order valence-electron chi connectivity index (χ4n) is 1.88. The molecule has 2 nitrogen and oxygen atoms in total. The normalized spacial score (nSPS) is 22.0. The Labute approximate surface area is 83.8 Å². The van der Waals surface area contributed by atoms with Crippen LogP contribution in [0.1, 0.15) is 39.0 Å². The highest BCUT2D eigenvalue weighted by atomic mass is 19.3. The van der Waals surface area contributed by atoms with Crippen LogP contribution in [0.4, 0.5) is 8.78 Å². The summed E-state index contributed by atoms with van der Waals surface area (Å²) >= 11 is 0. The number of amidine groups is 1. The van der Waals surface area contributed by atoms with Gasteiger partial charge in [0.25, 0.3) is 0 Å². The molecule has 0 atom stereocenters. The van der Waals surface area contributed by atoms with Crippen LogP contribution in [0.15, 0.2) is 0 Å². The molecule has 0 amide bonds. The molecule has 0 aromatic carbocycles.